The Morgan fingerprint density at radius 1 is 1.63 bits per heavy atom. The molecule has 104 valence electrons. The lowest BCUT2D eigenvalue weighted by atomic mass is 10.1. The minimum Gasteiger partial charge on any atom is -0.389 e. The lowest BCUT2D eigenvalue weighted by Gasteiger charge is -2.37. The number of hydrogen-bond acceptors (Lipinski definition) is 3. The van der Waals surface area contributed by atoms with Crippen LogP contribution in [0.4, 0.5) is 10.1 Å². The van der Waals surface area contributed by atoms with E-state index < -0.39 is 0 Å². The molecule has 0 saturated carbocycles. The molecule has 1 aliphatic rings. The average molecular weight is 347 g/mol. The maximum atomic E-state index is 14.5. The highest BCUT2D eigenvalue weighted by Gasteiger charge is 2.25. The fraction of sp³-hybridized carbons (Fsp3) is 0.462. The van der Waals surface area contributed by atoms with E-state index in [1.807, 2.05) is 4.90 Å². The third-order valence-corrected chi connectivity index (χ3v) is 4.33. The van der Waals surface area contributed by atoms with Gasteiger partial charge in [-0.05, 0) is 34.5 Å². The predicted octanol–water partition coefficient (Wildman–Crippen LogP) is 2.84. The van der Waals surface area contributed by atoms with E-state index in [4.69, 9.17) is 22.7 Å². The summed E-state index contributed by atoms with van der Waals surface area (Å²) in [6.45, 7) is 4.01. The van der Waals surface area contributed by atoms with Crippen LogP contribution in [0.25, 0.3) is 0 Å². The minimum atomic E-state index is -0.314. The number of benzene rings is 1. The number of morpholine rings is 1. The van der Waals surface area contributed by atoms with Crippen LogP contribution in [-0.2, 0) is 4.74 Å². The molecular formula is C13H16BrFN2OS. The van der Waals surface area contributed by atoms with Crippen LogP contribution >= 0.6 is 28.1 Å². The van der Waals surface area contributed by atoms with Crippen LogP contribution in [0.1, 0.15) is 18.9 Å². The number of ether oxygens (including phenoxy) is 1. The van der Waals surface area contributed by atoms with Crippen molar-refractivity contribution < 1.29 is 9.13 Å². The second kappa shape index (κ2) is 6.15. The molecule has 1 heterocycles. The highest BCUT2D eigenvalue weighted by molar-refractivity contribution is 9.10. The summed E-state index contributed by atoms with van der Waals surface area (Å²) in [7, 11) is 0. The molecule has 1 aromatic rings. The Balaban J connectivity index is 2.39. The zero-order valence-corrected chi connectivity index (χ0v) is 13.1. The zero-order chi connectivity index (χ0) is 14.0. The molecule has 1 aromatic carbocycles. The molecule has 2 N–H and O–H groups in total. The molecule has 0 aliphatic carbocycles. The van der Waals surface area contributed by atoms with E-state index in [0.717, 1.165) is 6.42 Å². The van der Waals surface area contributed by atoms with Crippen molar-refractivity contribution in [2.24, 2.45) is 5.73 Å². The lowest BCUT2D eigenvalue weighted by Crippen LogP contribution is -2.45. The molecule has 1 fully saturated rings. The number of nitrogens with zero attached hydrogens (tertiary/aromatic N) is 1. The molecule has 0 aromatic heterocycles. The van der Waals surface area contributed by atoms with Crippen LogP contribution in [0, 0.1) is 5.82 Å². The summed E-state index contributed by atoms with van der Waals surface area (Å²) in [4.78, 5) is 2.23. The number of thiocarbonyl (C=S) groups is 1. The van der Waals surface area contributed by atoms with Crippen LogP contribution in [0.3, 0.4) is 0 Å². The van der Waals surface area contributed by atoms with E-state index >= 15 is 0 Å². The summed E-state index contributed by atoms with van der Waals surface area (Å²) in [6, 6.07) is 3.70. The second-order valence-corrected chi connectivity index (χ2v) is 5.69. The largest absolute Gasteiger partial charge is 0.389 e. The molecule has 0 amide bonds. The Labute approximate surface area is 126 Å². The first-order chi connectivity index (χ1) is 9.06. The molecule has 6 heteroatoms. The molecule has 1 aliphatic heterocycles. The van der Waals surface area contributed by atoms with Gasteiger partial charge in [0.1, 0.15) is 4.99 Å². The lowest BCUT2D eigenvalue weighted by molar-refractivity contribution is 0.0926. The van der Waals surface area contributed by atoms with Gasteiger partial charge in [0.05, 0.1) is 29.4 Å². The van der Waals surface area contributed by atoms with E-state index in [1.165, 1.54) is 0 Å². The van der Waals surface area contributed by atoms with Gasteiger partial charge in [-0.15, -0.1) is 0 Å². The SMILES string of the molecule is CCC1COCCN1c1ccc(C(N)=S)c(Br)c1F. The summed E-state index contributed by atoms with van der Waals surface area (Å²) in [5, 5.41) is 0. The molecule has 3 nitrogen and oxygen atoms in total. The Hall–Kier alpha value is -0.720. The predicted molar refractivity (Wildman–Crippen MR) is 82.2 cm³/mol. The molecule has 1 atom stereocenters. The Morgan fingerprint density at radius 3 is 3.00 bits per heavy atom. The Bertz CT molecular complexity index is 498. The van der Waals surface area contributed by atoms with E-state index in [9.17, 15) is 4.39 Å². The maximum Gasteiger partial charge on any atom is 0.161 e. The fourth-order valence-corrected chi connectivity index (χ4v) is 3.11. The van der Waals surface area contributed by atoms with Crippen molar-refractivity contribution in [3.05, 3.63) is 28.0 Å². The number of nitrogens with two attached hydrogens (primary N) is 1. The van der Waals surface area contributed by atoms with Crippen LogP contribution < -0.4 is 10.6 Å². The highest BCUT2D eigenvalue weighted by Crippen LogP contribution is 2.31. The van der Waals surface area contributed by atoms with Crippen molar-refractivity contribution in [2.75, 3.05) is 24.7 Å². The Morgan fingerprint density at radius 2 is 2.37 bits per heavy atom. The summed E-state index contributed by atoms with van der Waals surface area (Å²) in [5.74, 6) is -0.314. The second-order valence-electron chi connectivity index (χ2n) is 4.45. The van der Waals surface area contributed by atoms with Crippen LogP contribution in [-0.4, -0.2) is 30.8 Å². The summed E-state index contributed by atoms with van der Waals surface area (Å²) in [6.07, 6.45) is 0.911. The first kappa shape index (κ1) is 14.7. The molecule has 1 saturated heterocycles. The summed E-state index contributed by atoms with van der Waals surface area (Å²) >= 11 is 8.14. The first-order valence-electron chi connectivity index (χ1n) is 6.18. The van der Waals surface area contributed by atoms with Crippen LogP contribution in [0.2, 0.25) is 0 Å². The summed E-state index contributed by atoms with van der Waals surface area (Å²) < 4.78 is 20.2. The van der Waals surface area contributed by atoms with Crippen molar-refractivity contribution in [1.82, 2.24) is 0 Å². The smallest absolute Gasteiger partial charge is 0.161 e. The maximum absolute atomic E-state index is 14.5. The summed E-state index contributed by atoms with van der Waals surface area (Å²) in [5.41, 5.74) is 6.66. The van der Waals surface area contributed by atoms with Crippen molar-refractivity contribution in [1.29, 1.82) is 0 Å². The van der Waals surface area contributed by atoms with E-state index in [2.05, 4.69) is 22.9 Å². The Kier molecular flexibility index (Phi) is 4.76. The molecule has 1 unspecified atom stereocenters. The van der Waals surface area contributed by atoms with Crippen molar-refractivity contribution in [3.63, 3.8) is 0 Å². The van der Waals surface area contributed by atoms with Gasteiger partial charge in [-0.3, -0.25) is 0 Å². The van der Waals surface area contributed by atoms with Gasteiger partial charge in [-0.1, -0.05) is 19.1 Å². The van der Waals surface area contributed by atoms with Crippen LogP contribution in [0.15, 0.2) is 16.6 Å². The van der Waals surface area contributed by atoms with Crippen LogP contribution in [0.5, 0.6) is 0 Å². The third kappa shape index (κ3) is 2.90. The van der Waals surface area contributed by atoms with Gasteiger partial charge in [-0.2, -0.15) is 0 Å². The third-order valence-electron chi connectivity index (χ3n) is 3.34. The first-order valence-corrected chi connectivity index (χ1v) is 7.38. The van der Waals surface area contributed by atoms with Gasteiger partial charge < -0.3 is 15.4 Å². The van der Waals surface area contributed by atoms with Crippen molar-refractivity contribution in [2.45, 2.75) is 19.4 Å². The normalized spacial score (nSPS) is 19.5. The molecule has 2 rings (SSSR count). The minimum absolute atomic E-state index is 0.186. The molecule has 0 spiro atoms. The van der Waals surface area contributed by atoms with E-state index in [1.54, 1.807) is 12.1 Å². The number of halogens is 2. The van der Waals surface area contributed by atoms with E-state index in [0.29, 0.717) is 35.5 Å². The van der Waals surface area contributed by atoms with Crippen molar-refractivity contribution in [3.8, 4) is 0 Å². The van der Waals surface area contributed by atoms with Gasteiger partial charge >= 0.3 is 0 Å². The van der Waals surface area contributed by atoms with E-state index in [-0.39, 0.29) is 16.8 Å². The molecular weight excluding hydrogens is 331 g/mol. The van der Waals surface area contributed by atoms with Gasteiger partial charge in [0.2, 0.25) is 0 Å². The zero-order valence-electron chi connectivity index (χ0n) is 10.7. The van der Waals surface area contributed by atoms with Crippen molar-refractivity contribution >= 4 is 38.8 Å². The average Bonchev–Trinajstić information content (AvgIpc) is 2.41. The van der Waals surface area contributed by atoms with Gasteiger partial charge in [0.15, 0.2) is 5.82 Å². The topological polar surface area (TPSA) is 38.5 Å². The number of hydrogen-bond donors (Lipinski definition) is 1. The molecule has 0 bridgehead atoms. The fourth-order valence-electron chi connectivity index (χ4n) is 2.26. The molecule has 19 heavy (non-hydrogen) atoms. The van der Waals surface area contributed by atoms with Gasteiger partial charge in [0.25, 0.3) is 0 Å². The number of anilines is 1. The van der Waals surface area contributed by atoms with Gasteiger partial charge in [-0.25, -0.2) is 4.39 Å². The number of rotatable bonds is 3. The van der Waals surface area contributed by atoms with Gasteiger partial charge in [0, 0.05) is 12.1 Å². The molecule has 0 radical (unpaired) electrons. The highest BCUT2D eigenvalue weighted by atomic mass is 79.9. The standard InChI is InChI=1S/C13H16BrFN2OS/c1-2-8-7-18-6-5-17(8)10-4-3-9(13(16)19)11(14)12(10)15/h3-4,8H,2,5-7H2,1H3,(H2,16,19). The monoisotopic (exact) mass is 346 g/mol. The quantitative estimate of drug-likeness (QED) is 0.854.